The summed E-state index contributed by atoms with van der Waals surface area (Å²) in [6.07, 6.45) is 2.19. The van der Waals surface area contributed by atoms with Crippen LogP contribution < -0.4 is 0 Å². The second kappa shape index (κ2) is 4.76. The summed E-state index contributed by atoms with van der Waals surface area (Å²) in [6.45, 7) is 2.95. The van der Waals surface area contributed by atoms with Crippen molar-refractivity contribution in [1.29, 1.82) is 0 Å². The number of halogens is 2. The van der Waals surface area contributed by atoms with Crippen LogP contribution in [0.5, 0.6) is 0 Å². The molecule has 0 unspecified atom stereocenters. The summed E-state index contributed by atoms with van der Waals surface area (Å²) >= 11 is 9.24. The first-order valence-corrected chi connectivity index (χ1v) is 6.52. The standard InChI is InChI=1S/C12H13BrClNO/c1-8-3-2-6-15(8)12(16)10-5-4-9(14)7-11(10)13/h4-5,7-8H,2-3,6H2,1H3/t8-/m1/s1. The summed E-state index contributed by atoms with van der Waals surface area (Å²) < 4.78 is 0.768. The van der Waals surface area contributed by atoms with E-state index in [0.717, 1.165) is 23.9 Å². The van der Waals surface area contributed by atoms with Crippen molar-refractivity contribution in [1.82, 2.24) is 4.90 Å². The predicted molar refractivity (Wildman–Crippen MR) is 68.9 cm³/mol. The van der Waals surface area contributed by atoms with Crippen LogP contribution in [0, 0.1) is 0 Å². The van der Waals surface area contributed by atoms with E-state index in [9.17, 15) is 4.79 Å². The van der Waals surface area contributed by atoms with Gasteiger partial charge in [-0.2, -0.15) is 0 Å². The van der Waals surface area contributed by atoms with Gasteiger partial charge in [-0.25, -0.2) is 0 Å². The van der Waals surface area contributed by atoms with Crippen molar-refractivity contribution in [2.45, 2.75) is 25.8 Å². The van der Waals surface area contributed by atoms with Gasteiger partial charge in [0.05, 0.1) is 5.56 Å². The average molecular weight is 303 g/mol. The van der Waals surface area contributed by atoms with Gasteiger partial charge in [-0.15, -0.1) is 0 Å². The van der Waals surface area contributed by atoms with Crippen LogP contribution in [0.25, 0.3) is 0 Å². The van der Waals surface area contributed by atoms with Crippen LogP contribution in [-0.2, 0) is 0 Å². The van der Waals surface area contributed by atoms with Crippen molar-refractivity contribution >= 4 is 33.4 Å². The quantitative estimate of drug-likeness (QED) is 0.774. The highest BCUT2D eigenvalue weighted by atomic mass is 79.9. The summed E-state index contributed by atoms with van der Waals surface area (Å²) in [7, 11) is 0. The number of rotatable bonds is 1. The molecule has 86 valence electrons. The SMILES string of the molecule is C[C@@H]1CCCN1C(=O)c1ccc(Cl)cc1Br. The molecule has 0 radical (unpaired) electrons. The first kappa shape index (κ1) is 11.9. The van der Waals surface area contributed by atoms with E-state index < -0.39 is 0 Å². The normalized spacial score (nSPS) is 20.2. The van der Waals surface area contributed by atoms with E-state index >= 15 is 0 Å². The first-order chi connectivity index (χ1) is 7.59. The molecule has 1 aliphatic rings. The van der Waals surface area contributed by atoms with Gasteiger partial charge in [0.25, 0.3) is 5.91 Å². The fourth-order valence-electron chi connectivity index (χ4n) is 2.05. The molecule has 16 heavy (non-hydrogen) atoms. The van der Waals surface area contributed by atoms with E-state index in [1.54, 1.807) is 18.2 Å². The van der Waals surface area contributed by atoms with Crippen molar-refractivity contribution < 1.29 is 4.79 Å². The van der Waals surface area contributed by atoms with Crippen LogP contribution in [0.4, 0.5) is 0 Å². The van der Waals surface area contributed by atoms with Gasteiger partial charge in [-0.05, 0) is 53.9 Å². The molecular weight excluding hydrogens is 289 g/mol. The van der Waals surface area contributed by atoms with Gasteiger partial charge in [0, 0.05) is 22.1 Å². The molecule has 0 aliphatic carbocycles. The molecule has 1 aromatic rings. The van der Waals surface area contributed by atoms with Gasteiger partial charge in [0.2, 0.25) is 0 Å². The van der Waals surface area contributed by atoms with Gasteiger partial charge in [-0.1, -0.05) is 11.6 Å². The van der Waals surface area contributed by atoms with Gasteiger partial charge in [-0.3, -0.25) is 4.79 Å². The summed E-state index contributed by atoms with van der Waals surface area (Å²) in [5.74, 6) is 0.0912. The highest BCUT2D eigenvalue weighted by Gasteiger charge is 2.26. The molecule has 1 heterocycles. The number of carbonyl (C=O) groups excluding carboxylic acids is 1. The van der Waals surface area contributed by atoms with Crippen LogP contribution >= 0.6 is 27.5 Å². The molecule has 0 spiro atoms. The van der Waals surface area contributed by atoms with E-state index in [-0.39, 0.29) is 5.91 Å². The number of amides is 1. The minimum atomic E-state index is 0.0912. The molecule has 2 rings (SSSR count). The summed E-state index contributed by atoms with van der Waals surface area (Å²) in [6, 6.07) is 5.63. The molecule has 2 nitrogen and oxygen atoms in total. The van der Waals surface area contributed by atoms with Gasteiger partial charge in [0.15, 0.2) is 0 Å². The van der Waals surface area contributed by atoms with Crippen LogP contribution in [0.1, 0.15) is 30.1 Å². The molecule has 0 saturated carbocycles. The average Bonchev–Trinajstić information content (AvgIpc) is 2.63. The van der Waals surface area contributed by atoms with Gasteiger partial charge in [0.1, 0.15) is 0 Å². The monoisotopic (exact) mass is 301 g/mol. The summed E-state index contributed by atoms with van der Waals surface area (Å²) in [5.41, 5.74) is 0.693. The zero-order chi connectivity index (χ0) is 11.7. The molecule has 1 amide bonds. The van der Waals surface area contributed by atoms with E-state index in [1.165, 1.54) is 0 Å². The number of carbonyl (C=O) groups is 1. The Morgan fingerprint density at radius 3 is 2.88 bits per heavy atom. The first-order valence-electron chi connectivity index (χ1n) is 5.35. The lowest BCUT2D eigenvalue weighted by Gasteiger charge is -2.22. The number of hydrogen-bond donors (Lipinski definition) is 0. The highest BCUT2D eigenvalue weighted by Crippen LogP contribution is 2.26. The van der Waals surface area contributed by atoms with Crippen molar-refractivity contribution in [3.63, 3.8) is 0 Å². The maximum atomic E-state index is 12.2. The minimum absolute atomic E-state index is 0.0912. The molecule has 4 heteroatoms. The third-order valence-electron chi connectivity index (χ3n) is 2.98. The minimum Gasteiger partial charge on any atom is -0.336 e. The second-order valence-electron chi connectivity index (χ2n) is 4.11. The molecular formula is C12H13BrClNO. The van der Waals surface area contributed by atoms with Gasteiger partial charge < -0.3 is 4.90 Å². The number of nitrogens with zero attached hydrogens (tertiary/aromatic N) is 1. The predicted octanol–water partition coefficient (Wildman–Crippen LogP) is 3.73. The fraction of sp³-hybridized carbons (Fsp3) is 0.417. The lowest BCUT2D eigenvalue weighted by molar-refractivity contribution is 0.0746. The van der Waals surface area contributed by atoms with Crippen LogP contribution in [0.2, 0.25) is 5.02 Å². The third kappa shape index (κ3) is 2.25. The largest absolute Gasteiger partial charge is 0.336 e. The third-order valence-corrected chi connectivity index (χ3v) is 3.87. The zero-order valence-corrected chi connectivity index (χ0v) is 11.4. The smallest absolute Gasteiger partial charge is 0.255 e. The maximum absolute atomic E-state index is 12.2. The Morgan fingerprint density at radius 1 is 1.56 bits per heavy atom. The maximum Gasteiger partial charge on any atom is 0.255 e. The molecule has 0 aromatic heterocycles. The van der Waals surface area contributed by atoms with Crippen molar-refractivity contribution in [2.75, 3.05) is 6.54 Å². The zero-order valence-electron chi connectivity index (χ0n) is 9.04. The molecule has 1 fully saturated rings. The van der Waals surface area contributed by atoms with Crippen molar-refractivity contribution in [3.05, 3.63) is 33.3 Å². The van der Waals surface area contributed by atoms with E-state index in [1.807, 2.05) is 4.90 Å². The molecule has 0 N–H and O–H groups in total. The van der Waals surface area contributed by atoms with Crippen molar-refractivity contribution in [3.8, 4) is 0 Å². The highest BCUT2D eigenvalue weighted by molar-refractivity contribution is 9.10. The Hall–Kier alpha value is -0.540. The topological polar surface area (TPSA) is 20.3 Å². The Labute approximate surface area is 109 Å². The molecule has 0 bridgehead atoms. The lowest BCUT2D eigenvalue weighted by Crippen LogP contribution is -2.33. The van der Waals surface area contributed by atoms with E-state index in [2.05, 4.69) is 22.9 Å². The number of hydrogen-bond acceptors (Lipinski definition) is 1. The lowest BCUT2D eigenvalue weighted by atomic mass is 10.2. The van der Waals surface area contributed by atoms with Crippen LogP contribution in [0.3, 0.4) is 0 Å². The number of likely N-dealkylation sites (tertiary alicyclic amines) is 1. The Morgan fingerprint density at radius 2 is 2.31 bits per heavy atom. The van der Waals surface area contributed by atoms with E-state index in [0.29, 0.717) is 16.6 Å². The molecule has 1 saturated heterocycles. The fourth-order valence-corrected chi connectivity index (χ4v) is 2.90. The summed E-state index contributed by atoms with van der Waals surface area (Å²) in [5, 5.41) is 0.637. The Bertz CT molecular complexity index is 421. The van der Waals surface area contributed by atoms with Crippen molar-refractivity contribution in [2.24, 2.45) is 0 Å². The molecule has 1 aromatic carbocycles. The van der Waals surface area contributed by atoms with Crippen LogP contribution in [0.15, 0.2) is 22.7 Å². The molecule has 1 aliphatic heterocycles. The molecule has 1 atom stereocenters. The Kier molecular flexibility index (Phi) is 3.55. The summed E-state index contributed by atoms with van der Waals surface area (Å²) in [4.78, 5) is 14.2. The second-order valence-corrected chi connectivity index (χ2v) is 5.40. The van der Waals surface area contributed by atoms with Crippen LogP contribution in [-0.4, -0.2) is 23.4 Å². The van der Waals surface area contributed by atoms with E-state index in [4.69, 9.17) is 11.6 Å². The number of benzene rings is 1. The van der Waals surface area contributed by atoms with Gasteiger partial charge >= 0.3 is 0 Å². The Balaban J connectivity index is 2.27.